The van der Waals surface area contributed by atoms with Crippen molar-refractivity contribution < 1.29 is 19.1 Å². The van der Waals surface area contributed by atoms with Crippen molar-refractivity contribution >= 4 is 40.9 Å². The Labute approximate surface area is 172 Å². The number of piperazine rings is 1. The molecule has 2 aromatic rings. The van der Waals surface area contributed by atoms with Crippen molar-refractivity contribution in [3.05, 3.63) is 47.1 Å². The van der Waals surface area contributed by atoms with Crippen LogP contribution in [-0.2, 0) is 20.8 Å². The van der Waals surface area contributed by atoms with Crippen LogP contribution in [0.2, 0.25) is 5.02 Å². The van der Waals surface area contributed by atoms with Crippen LogP contribution in [0.5, 0.6) is 5.75 Å². The molecular formula is C20H19ClN4O4. The molecule has 1 N–H and O–H groups in total. The zero-order chi connectivity index (χ0) is 20.5. The number of halogens is 1. The number of nitrogens with one attached hydrogen (secondary N) is 1. The Morgan fingerprint density at radius 1 is 1.24 bits per heavy atom. The van der Waals surface area contributed by atoms with Crippen molar-refractivity contribution in [2.45, 2.75) is 19.4 Å². The minimum Gasteiger partial charge on any atom is -0.426 e. The van der Waals surface area contributed by atoms with E-state index in [0.29, 0.717) is 36.1 Å². The average molecular weight is 415 g/mol. The van der Waals surface area contributed by atoms with E-state index >= 15 is 0 Å². The van der Waals surface area contributed by atoms with E-state index in [4.69, 9.17) is 16.3 Å². The lowest BCUT2D eigenvalue weighted by atomic mass is 10.1. The summed E-state index contributed by atoms with van der Waals surface area (Å²) in [5.41, 5.74) is 1.17. The molecule has 4 rings (SSSR count). The van der Waals surface area contributed by atoms with Crippen LogP contribution >= 0.6 is 11.6 Å². The van der Waals surface area contributed by atoms with E-state index in [9.17, 15) is 14.4 Å². The number of benzene rings is 1. The Bertz CT molecular complexity index is 979. The number of carbonyl (C=O) groups is 3. The Morgan fingerprint density at radius 3 is 2.79 bits per heavy atom. The van der Waals surface area contributed by atoms with Crippen LogP contribution in [0.3, 0.4) is 0 Å². The van der Waals surface area contributed by atoms with Crippen molar-refractivity contribution in [1.82, 2.24) is 9.88 Å². The standard InChI is InChI=1S/C20H19ClN4O4/c1-12-11-24(6-7-25(12)17-5-3-14(21)10-22-17)20(28)19(27)23-15-4-2-13-8-18(26)29-16(13)9-15/h2-5,9-10,12H,6-8,11H2,1H3,(H,23,27)/t12-/m0/s1. The van der Waals surface area contributed by atoms with Gasteiger partial charge in [0.05, 0.1) is 11.4 Å². The second-order valence-electron chi connectivity index (χ2n) is 7.06. The summed E-state index contributed by atoms with van der Waals surface area (Å²) in [7, 11) is 0. The van der Waals surface area contributed by atoms with Crippen molar-refractivity contribution in [3.63, 3.8) is 0 Å². The molecular weight excluding hydrogens is 396 g/mol. The van der Waals surface area contributed by atoms with Gasteiger partial charge in [-0.2, -0.15) is 0 Å². The summed E-state index contributed by atoms with van der Waals surface area (Å²) in [5, 5.41) is 3.15. The monoisotopic (exact) mass is 414 g/mol. The van der Waals surface area contributed by atoms with Crippen LogP contribution < -0.4 is 15.0 Å². The van der Waals surface area contributed by atoms with E-state index < -0.39 is 11.8 Å². The molecule has 29 heavy (non-hydrogen) atoms. The maximum atomic E-state index is 12.6. The third-order valence-corrected chi connectivity index (χ3v) is 5.22. The summed E-state index contributed by atoms with van der Waals surface area (Å²) >= 11 is 5.89. The van der Waals surface area contributed by atoms with Gasteiger partial charge in [0, 0.05) is 49.2 Å². The summed E-state index contributed by atoms with van der Waals surface area (Å²) in [6.07, 6.45) is 1.80. The lowest BCUT2D eigenvalue weighted by Crippen LogP contribution is -2.56. The number of pyridine rings is 1. The molecule has 2 aliphatic heterocycles. The first-order valence-corrected chi connectivity index (χ1v) is 9.60. The molecule has 3 heterocycles. The van der Waals surface area contributed by atoms with Crippen molar-refractivity contribution in [2.75, 3.05) is 29.9 Å². The van der Waals surface area contributed by atoms with Gasteiger partial charge in [-0.25, -0.2) is 4.98 Å². The molecule has 0 radical (unpaired) electrons. The van der Waals surface area contributed by atoms with Gasteiger partial charge < -0.3 is 19.9 Å². The molecule has 1 saturated heterocycles. The molecule has 0 unspecified atom stereocenters. The summed E-state index contributed by atoms with van der Waals surface area (Å²) in [4.78, 5) is 44.3. The highest BCUT2D eigenvalue weighted by molar-refractivity contribution is 6.39. The number of aromatic nitrogens is 1. The molecule has 1 aromatic heterocycles. The Balaban J connectivity index is 1.37. The van der Waals surface area contributed by atoms with Gasteiger partial charge in [0.25, 0.3) is 0 Å². The highest BCUT2D eigenvalue weighted by Crippen LogP contribution is 2.29. The van der Waals surface area contributed by atoms with Crippen LogP contribution in [0, 0.1) is 0 Å². The number of esters is 1. The Hall–Kier alpha value is -3.13. The predicted octanol–water partition coefficient (Wildman–Crippen LogP) is 1.87. The Kier molecular flexibility index (Phi) is 5.10. The largest absolute Gasteiger partial charge is 0.426 e. The van der Waals surface area contributed by atoms with Gasteiger partial charge in [-0.15, -0.1) is 0 Å². The van der Waals surface area contributed by atoms with Gasteiger partial charge in [-0.05, 0) is 25.1 Å². The minimum absolute atomic E-state index is 0.00594. The number of hydrogen-bond acceptors (Lipinski definition) is 6. The molecule has 1 aromatic carbocycles. The van der Waals surface area contributed by atoms with Gasteiger partial charge in [-0.1, -0.05) is 17.7 Å². The van der Waals surface area contributed by atoms with E-state index in [1.807, 2.05) is 13.0 Å². The maximum absolute atomic E-state index is 12.6. The van der Waals surface area contributed by atoms with Crippen LogP contribution in [0.1, 0.15) is 12.5 Å². The van der Waals surface area contributed by atoms with Gasteiger partial charge in [0.15, 0.2) is 0 Å². The SMILES string of the molecule is C[C@H]1CN(C(=O)C(=O)Nc2ccc3c(c2)OC(=O)C3)CCN1c1ccc(Cl)cn1. The molecule has 0 aliphatic carbocycles. The van der Waals surface area contributed by atoms with E-state index in [2.05, 4.69) is 15.2 Å². The smallest absolute Gasteiger partial charge is 0.315 e. The summed E-state index contributed by atoms with van der Waals surface area (Å²) < 4.78 is 5.08. The van der Waals surface area contributed by atoms with E-state index in [1.54, 1.807) is 30.5 Å². The molecule has 1 atom stereocenters. The number of anilines is 2. The fraction of sp³-hybridized carbons (Fsp3) is 0.300. The fourth-order valence-corrected chi connectivity index (χ4v) is 3.65. The minimum atomic E-state index is -0.723. The molecule has 150 valence electrons. The predicted molar refractivity (Wildman–Crippen MR) is 107 cm³/mol. The van der Waals surface area contributed by atoms with Crippen LogP contribution in [0.4, 0.5) is 11.5 Å². The fourth-order valence-electron chi connectivity index (χ4n) is 3.54. The molecule has 0 saturated carbocycles. The first-order chi connectivity index (χ1) is 13.9. The number of carbonyl (C=O) groups excluding carboxylic acids is 3. The van der Waals surface area contributed by atoms with E-state index in [-0.39, 0.29) is 18.4 Å². The summed E-state index contributed by atoms with van der Waals surface area (Å²) in [5.74, 6) is -0.455. The summed E-state index contributed by atoms with van der Waals surface area (Å²) in [6, 6.07) is 8.52. The molecule has 0 bridgehead atoms. The lowest BCUT2D eigenvalue weighted by molar-refractivity contribution is -0.143. The highest BCUT2D eigenvalue weighted by Gasteiger charge is 2.31. The number of hydrogen-bond donors (Lipinski definition) is 1. The zero-order valence-corrected chi connectivity index (χ0v) is 16.5. The zero-order valence-electron chi connectivity index (χ0n) is 15.7. The van der Waals surface area contributed by atoms with Crippen LogP contribution in [0.15, 0.2) is 36.5 Å². The first-order valence-electron chi connectivity index (χ1n) is 9.23. The third kappa shape index (κ3) is 4.02. The quantitative estimate of drug-likeness (QED) is 0.458. The van der Waals surface area contributed by atoms with Gasteiger partial charge >= 0.3 is 17.8 Å². The number of nitrogens with zero attached hydrogens (tertiary/aromatic N) is 3. The molecule has 0 spiro atoms. The maximum Gasteiger partial charge on any atom is 0.315 e. The number of amides is 2. The topological polar surface area (TPSA) is 91.8 Å². The number of fused-ring (bicyclic) bond motifs is 1. The first kappa shape index (κ1) is 19.2. The van der Waals surface area contributed by atoms with Gasteiger partial charge in [0.2, 0.25) is 0 Å². The third-order valence-electron chi connectivity index (χ3n) is 5.00. The summed E-state index contributed by atoms with van der Waals surface area (Å²) in [6.45, 7) is 3.34. The number of ether oxygens (including phenoxy) is 1. The molecule has 2 aliphatic rings. The Morgan fingerprint density at radius 2 is 2.07 bits per heavy atom. The molecule has 2 amide bonds. The lowest BCUT2D eigenvalue weighted by Gasteiger charge is -2.40. The highest BCUT2D eigenvalue weighted by atomic mass is 35.5. The van der Waals surface area contributed by atoms with Crippen molar-refractivity contribution in [1.29, 1.82) is 0 Å². The second-order valence-corrected chi connectivity index (χ2v) is 7.49. The number of rotatable bonds is 2. The normalized spacial score (nSPS) is 18.3. The second kappa shape index (κ2) is 7.71. The van der Waals surface area contributed by atoms with Gasteiger partial charge in [-0.3, -0.25) is 14.4 Å². The van der Waals surface area contributed by atoms with Crippen molar-refractivity contribution in [3.8, 4) is 5.75 Å². The van der Waals surface area contributed by atoms with Crippen molar-refractivity contribution in [2.24, 2.45) is 0 Å². The average Bonchev–Trinajstić information content (AvgIpc) is 3.07. The molecule has 1 fully saturated rings. The van der Waals surface area contributed by atoms with Crippen LogP contribution in [-0.4, -0.2) is 53.3 Å². The van der Waals surface area contributed by atoms with Gasteiger partial charge in [0.1, 0.15) is 11.6 Å². The molecule has 8 nitrogen and oxygen atoms in total. The van der Waals surface area contributed by atoms with E-state index in [1.165, 1.54) is 4.90 Å². The molecule has 9 heteroatoms. The van der Waals surface area contributed by atoms with Crippen LogP contribution in [0.25, 0.3) is 0 Å². The van der Waals surface area contributed by atoms with E-state index in [0.717, 1.165) is 11.4 Å².